The first-order valence-corrected chi connectivity index (χ1v) is 11.5. The number of carbonyl (C=O) groups is 1. The van der Waals surface area contributed by atoms with Crippen molar-refractivity contribution in [1.82, 2.24) is 4.98 Å². The Labute approximate surface area is 193 Å². The standard InChI is InChI=1S/C17H13F2N3O3S2.C2HF3O2/c18-13-3-1-11(9-14(13)19)22-6-7-25-16-10-12(2-4-15(16)22)27(23,24)21-17-20-5-8-26-17;3-2(4,5)1(6)7/h1-5,8-10H,6-7H2,(H,20,21);(H,6,7). The number of nitrogens with zero attached hydrogens (tertiary/aromatic N) is 2. The molecule has 2 heterocycles. The quantitative estimate of drug-likeness (QED) is 0.489. The summed E-state index contributed by atoms with van der Waals surface area (Å²) >= 11 is 1.17. The second-order valence-electron chi connectivity index (χ2n) is 6.47. The number of hydrogen-bond acceptors (Lipinski definition) is 7. The molecular weight excluding hydrogens is 509 g/mol. The molecule has 8 nitrogen and oxygen atoms in total. The molecular formula is C19H14F5N3O5S2. The molecule has 4 rings (SSSR count). The topological polar surface area (TPSA) is 109 Å². The number of aliphatic carboxylic acids is 1. The highest BCUT2D eigenvalue weighted by atomic mass is 32.2. The lowest BCUT2D eigenvalue weighted by atomic mass is 10.2. The van der Waals surface area contributed by atoms with Gasteiger partial charge < -0.3 is 14.7 Å². The van der Waals surface area contributed by atoms with Gasteiger partial charge in [-0.1, -0.05) is 0 Å². The van der Waals surface area contributed by atoms with Crippen LogP contribution in [0.2, 0.25) is 0 Å². The first-order valence-electron chi connectivity index (χ1n) is 9.10. The number of ether oxygens (including phenoxy) is 1. The maximum Gasteiger partial charge on any atom is 0.490 e. The number of carboxylic acid groups (broad SMARTS) is 1. The summed E-state index contributed by atoms with van der Waals surface area (Å²) in [4.78, 5) is 14.6. The van der Waals surface area contributed by atoms with E-state index in [0.29, 0.717) is 23.7 Å². The Balaban J connectivity index is 0.000000406. The van der Waals surface area contributed by atoms with E-state index in [4.69, 9.17) is 14.6 Å². The van der Waals surface area contributed by atoms with Crippen LogP contribution in [0.5, 0.6) is 5.75 Å². The molecule has 0 atom stereocenters. The third kappa shape index (κ3) is 5.91. The van der Waals surface area contributed by atoms with Crippen molar-refractivity contribution in [2.24, 2.45) is 0 Å². The number of sulfonamides is 1. The molecule has 2 N–H and O–H groups in total. The van der Waals surface area contributed by atoms with Crippen LogP contribution in [0.1, 0.15) is 0 Å². The number of fused-ring (bicyclic) bond motifs is 1. The lowest BCUT2D eigenvalue weighted by molar-refractivity contribution is -0.192. The summed E-state index contributed by atoms with van der Waals surface area (Å²) in [6.45, 7) is 0.691. The fourth-order valence-corrected chi connectivity index (χ4v) is 4.54. The normalized spacial score (nSPS) is 13.3. The van der Waals surface area contributed by atoms with Crippen LogP contribution < -0.4 is 14.4 Å². The van der Waals surface area contributed by atoms with Crippen molar-refractivity contribution in [2.75, 3.05) is 22.8 Å². The number of carboxylic acids is 1. The minimum Gasteiger partial charge on any atom is -0.489 e. The van der Waals surface area contributed by atoms with Crippen molar-refractivity contribution in [3.05, 3.63) is 59.6 Å². The predicted molar refractivity (Wildman–Crippen MR) is 112 cm³/mol. The number of alkyl halides is 3. The second kappa shape index (κ2) is 9.80. The number of thiazole rings is 1. The molecule has 0 radical (unpaired) electrons. The van der Waals surface area contributed by atoms with E-state index in [-0.39, 0.29) is 16.6 Å². The van der Waals surface area contributed by atoms with Crippen LogP contribution in [0.25, 0.3) is 0 Å². The number of halogens is 5. The SMILES string of the molecule is O=C(O)C(F)(F)F.O=S(=O)(Nc1nccs1)c1ccc2c(c1)OCCN2c1ccc(F)c(F)c1. The maximum atomic E-state index is 13.6. The monoisotopic (exact) mass is 523 g/mol. The van der Waals surface area contributed by atoms with Crippen LogP contribution in [0.4, 0.5) is 38.5 Å². The van der Waals surface area contributed by atoms with E-state index in [0.717, 1.165) is 12.1 Å². The van der Waals surface area contributed by atoms with E-state index in [9.17, 15) is 30.4 Å². The first kappa shape index (κ1) is 25.2. The molecule has 2 aromatic carbocycles. The summed E-state index contributed by atoms with van der Waals surface area (Å²) in [5, 5.41) is 9.05. The Morgan fingerprint density at radius 3 is 2.44 bits per heavy atom. The van der Waals surface area contributed by atoms with Gasteiger partial charge in [0.1, 0.15) is 12.4 Å². The lowest BCUT2D eigenvalue weighted by Gasteiger charge is -2.31. The number of nitrogens with one attached hydrogen (secondary N) is 1. The third-order valence-electron chi connectivity index (χ3n) is 4.22. The molecule has 0 saturated heterocycles. The summed E-state index contributed by atoms with van der Waals surface area (Å²) in [5.41, 5.74) is 1.02. The van der Waals surface area contributed by atoms with Gasteiger partial charge in [-0.2, -0.15) is 13.2 Å². The number of aromatic nitrogens is 1. The van der Waals surface area contributed by atoms with Gasteiger partial charge in [0.15, 0.2) is 16.8 Å². The fraction of sp³-hybridized carbons (Fsp3) is 0.158. The summed E-state index contributed by atoms with van der Waals surface area (Å²) in [5.74, 6) is -4.30. The van der Waals surface area contributed by atoms with E-state index in [2.05, 4.69) is 9.71 Å². The Kier molecular flexibility index (Phi) is 7.26. The Morgan fingerprint density at radius 1 is 1.15 bits per heavy atom. The molecule has 182 valence electrons. The van der Waals surface area contributed by atoms with Crippen LogP contribution in [0, 0.1) is 11.6 Å². The van der Waals surface area contributed by atoms with Gasteiger partial charge in [0, 0.05) is 29.4 Å². The smallest absolute Gasteiger partial charge is 0.489 e. The summed E-state index contributed by atoms with van der Waals surface area (Å²) in [6.07, 6.45) is -3.59. The highest BCUT2D eigenvalue weighted by Gasteiger charge is 2.38. The number of hydrogen-bond donors (Lipinski definition) is 2. The Bertz CT molecular complexity index is 1280. The molecule has 0 spiro atoms. The van der Waals surface area contributed by atoms with Gasteiger partial charge in [-0.15, -0.1) is 11.3 Å². The van der Waals surface area contributed by atoms with Crippen molar-refractivity contribution in [3.63, 3.8) is 0 Å². The Morgan fingerprint density at radius 2 is 1.85 bits per heavy atom. The van der Waals surface area contributed by atoms with Gasteiger partial charge >= 0.3 is 12.1 Å². The van der Waals surface area contributed by atoms with E-state index >= 15 is 0 Å². The summed E-state index contributed by atoms with van der Waals surface area (Å²) in [6, 6.07) is 8.01. The van der Waals surface area contributed by atoms with E-state index in [1.807, 2.05) is 0 Å². The zero-order valence-electron chi connectivity index (χ0n) is 16.7. The molecule has 0 aliphatic carbocycles. The molecule has 34 heavy (non-hydrogen) atoms. The molecule has 0 saturated carbocycles. The fourth-order valence-electron chi connectivity index (χ4n) is 2.74. The predicted octanol–water partition coefficient (Wildman–Crippen LogP) is 4.39. The van der Waals surface area contributed by atoms with Crippen LogP contribution in [0.15, 0.2) is 52.9 Å². The van der Waals surface area contributed by atoms with Gasteiger partial charge in [0.25, 0.3) is 10.0 Å². The molecule has 1 aliphatic rings. The highest BCUT2D eigenvalue weighted by Crippen LogP contribution is 2.38. The van der Waals surface area contributed by atoms with Crippen molar-refractivity contribution >= 4 is 43.8 Å². The molecule has 0 fully saturated rings. The molecule has 0 bridgehead atoms. The van der Waals surface area contributed by atoms with Gasteiger partial charge in [-0.05, 0) is 24.3 Å². The van der Waals surface area contributed by atoms with Gasteiger partial charge in [0.2, 0.25) is 0 Å². The van der Waals surface area contributed by atoms with Gasteiger partial charge in [-0.3, -0.25) is 4.72 Å². The maximum absolute atomic E-state index is 13.6. The van der Waals surface area contributed by atoms with Crippen LogP contribution in [0.3, 0.4) is 0 Å². The zero-order chi connectivity index (χ0) is 25.1. The molecule has 15 heteroatoms. The lowest BCUT2D eigenvalue weighted by Crippen LogP contribution is -2.29. The zero-order valence-corrected chi connectivity index (χ0v) is 18.3. The highest BCUT2D eigenvalue weighted by molar-refractivity contribution is 7.93. The average Bonchev–Trinajstić information content (AvgIpc) is 3.27. The molecule has 3 aromatic rings. The Hall–Kier alpha value is -3.46. The first-order chi connectivity index (χ1) is 15.9. The van der Waals surface area contributed by atoms with E-state index < -0.39 is 33.8 Å². The number of benzene rings is 2. The number of rotatable bonds is 4. The van der Waals surface area contributed by atoms with E-state index in [1.54, 1.807) is 16.3 Å². The van der Waals surface area contributed by atoms with Crippen LogP contribution in [-0.2, 0) is 14.8 Å². The minimum atomic E-state index is -5.08. The third-order valence-corrected chi connectivity index (χ3v) is 6.37. The second-order valence-corrected chi connectivity index (χ2v) is 9.05. The molecule has 0 amide bonds. The van der Waals surface area contributed by atoms with E-state index in [1.165, 1.54) is 35.7 Å². The van der Waals surface area contributed by atoms with Crippen molar-refractivity contribution in [3.8, 4) is 5.75 Å². The van der Waals surface area contributed by atoms with Gasteiger partial charge in [0.05, 0.1) is 17.1 Å². The minimum absolute atomic E-state index is 0.0172. The molecule has 1 aliphatic heterocycles. The average molecular weight is 523 g/mol. The molecule has 0 unspecified atom stereocenters. The summed E-state index contributed by atoms with van der Waals surface area (Å²) < 4.78 is 91.5. The van der Waals surface area contributed by atoms with Gasteiger partial charge in [-0.25, -0.2) is 27.0 Å². The number of anilines is 3. The van der Waals surface area contributed by atoms with Crippen molar-refractivity contribution in [1.29, 1.82) is 0 Å². The van der Waals surface area contributed by atoms with Crippen LogP contribution >= 0.6 is 11.3 Å². The van der Waals surface area contributed by atoms with Crippen molar-refractivity contribution < 1.29 is 45.0 Å². The largest absolute Gasteiger partial charge is 0.490 e. The summed E-state index contributed by atoms with van der Waals surface area (Å²) in [7, 11) is -3.82. The van der Waals surface area contributed by atoms with Crippen LogP contribution in [-0.4, -0.2) is 43.8 Å². The van der Waals surface area contributed by atoms with Crippen molar-refractivity contribution in [2.45, 2.75) is 11.1 Å². The molecule has 1 aromatic heterocycles.